The number of ether oxygens (including phenoxy) is 1. The van der Waals surface area contributed by atoms with E-state index in [4.69, 9.17) is 21.4 Å². The molecule has 0 aliphatic carbocycles. The number of benzene rings is 1. The van der Waals surface area contributed by atoms with E-state index in [0.29, 0.717) is 5.56 Å². The first-order valence-corrected chi connectivity index (χ1v) is 7.48. The second-order valence-electron chi connectivity index (χ2n) is 6.33. The highest BCUT2D eigenvalue weighted by Gasteiger charge is 2.24. The molecule has 0 heterocycles. The monoisotopic (exact) mass is 345 g/mol. The molecule has 0 saturated carbocycles. The highest BCUT2D eigenvalue weighted by Crippen LogP contribution is 2.25. The highest BCUT2D eigenvalue weighted by molar-refractivity contribution is 6.30. The average Bonchev–Trinajstić information content (AvgIpc) is 2.38. The van der Waals surface area contributed by atoms with Crippen LogP contribution in [-0.2, 0) is 9.53 Å². The topological polar surface area (TPSA) is 66.8 Å². The molecule has 5 nitrogen and oxygen atoms in total. The van der Waals surface area contributed by atoms with Crippen molar-refractivity contribution >= 4 is 23.7 Å². The Hall–Kier alpha value is -1.82. The largest absolute Gasteiger partial charge is 0.481 e. The third-order valence-corrected chi connectivity index (χ3v) is 3.34. The molecule has 1 amide bonds. The van der Waals surface area contributed by atoms with Crippen LogP contribution in [0.1, 0.15) is 38.7 Å². The van der Waals surface area contributed by atoms with Crippen molar-refractivity contribution < 1.29 is 23.8 Å². The summed E-state index contributed by atoms with van der Waals surface area (Å²) < 4.78 is 18.8. The van der Waals surface area contributed by atoms with E-state index >= 15 is 0 Å². The molecule has 0 aromatic heterocycles. The summed E-state index contributed by atoms with van der Waals surface area (Å²) in [5, 5.41) is 9.01. The van der Waals surface area contributed by atoms with Crippen molar-refractivity contribution in [2.45, 2.75) is 38.7 Å². The van der Waals surface area contributed by atoms with E-state index in [0.717, 1.165) is 0 Å². The lowest BCUT2D eigenvalue weighted by Gasteiger charge is -2.27. The van der Waals surface area contributed by atoms with Crippen molar-refractivity contribution in [1.82, 2.24) is 4.90 Å². The summed E-state index contributed by atoms with van der Waals surface area (Å²) in [5.74, 6) is -2.24. The van der Waals surface area contributed by atoms with Crippen molar-refractivity contribution in [3.05, 3.63) is 34.6 Å². The maximum absolute atomic E-state index is 13.6. The lowest BCUT2D eigenvalue weighted by molar-refractivity contribution is -0.137. The number of carboxylic acid groups (broad SMARTS) is 1. The Balaban J connectivity index is 2.92. The molecular formula is C16H21ClFNO4. The minimum absolute atomic E-state index is 0.0386. The fourth-order valence-electron chi connectivity index (χ4n) is 2.01. The fourth-order valence-corrected chi connectivity index (χ4v) is 2.13. The normalized spacial score (nSPS) is 12.6. The number of aliphatic carboxylic acids is 1. The molecule has 1 rings (SSSR count). The van der Waals surface area contributed by atoms with Gasteiger partial charge in [-0.15, -0.1) is 0 Å². The van der Waals surface area contributed by atoms with Gasteiger partial charge in [-0.25, -0.2) is 9.18 Å². The predicted octanol–water partition coefficient (Wildman–Crippen LogP) is 3.90. The first kappa shape index (κ1) is 19.2. The Kier molecular flexibility index (Phi) is 6.38. The van der Waals surface area contributed by atoms with Crippen molar-refractivity contribution in [2.75, 3.05) is 13.6 Å². The summed E-state index contributed by atoms with van der Waals surface area (Å²) in [7, 11) is 1.51. The van der Waals surface area contributed by atoms with Gasteiger partial charge in [-0.05, 0) is 38.5 Å². The van der Waals surface area contributed by atoms with Gasteiger partial charge in [0, 0.05) is 19.5 Å². The van der Waals surface area contributed by atoms with E-state index in [1.165, 1.54) is 24.1 Å². The Morgan fingerprint density at radius 2 is 2.00 bits per heavy atom. The van der Waals surface area contributed by atoms with E-state index in [9.17, 15) is 14.0 Å². The predicted molar refractivity (Wildman–Crippen MR) is 85.3 cm³/mol. The van der Waals surface area contributed by atoms with Gasteiger partial charge in [-0.3, -0.25) is 4.79 Å². The summed E-state index contributed by atoms with van der Waals surface area (Å²) in [4.78, 5) is 24.3. The third-order valence-electron chi connectivity index (χ3n) is 3.04. The summed E-state index contributed by atoms with van der Waals surface area (Å²) in [6, 6.07) is 4.12. The van der Waals surface area contributed by atoms with Gasteiger partial charge in [0.05, 0.1) is 11.4 Å². The zero-order valence-electron chi connectivity index (χ0n) is 13.6. The molecule has 1 N–H and O–H groups in total. The molecule has 7 heteroatoms. The average molecular weight is 346 g/mol. The Morgan fingerprint density at radius 3 is 2.48 bits per heavy atom. The Bertz CT molecular complexity index is 586. The molecule has 128 valence electrons. The number of amides is 1. The summed E-state index contributed by atoms with van der Waals surface area (Å²) >= 11 is 5.64. The van der Waals surface area contributed by atoms with Crippen LogP contribution in [0, 0.1) is 5.82 Å². The van der Waals surface area contributed by atoms with Gasteiger partial charge in [-0.1, -0.05) is 17.7 Å². The highest BCUT2D eigenvalue weighted by atomic mass is 35.5. The van der Waals surface area contributed by atoms with E-state index < -0.39 is 29.4 Å². The lowest BCUT2D eigenvalue weighted by atomic mass is 9.95. The fraction of sp³-hybridized carbons (Fsp3) is 0.500. The molecule has 1 atom stereocenters. The van der Waals surface area contributed by atoms with Crippen LogP contribution >= 0.6 is 11.6 Å². The van der Waals surface area contributed by atoms with Crippen LogP contribution in [0.4, 0.5) is 9.18 Å². The second kappa shape index (κ2) is 7.64. The number of carboxylic acids is 1. The van der Waals surface area contributed by atoms with E-state index in [1.807, 2.05) is 0 Å². The van der Waals surface area contributed by atoms with Crippen LogP contribution in [-0.4, -0.2) is 41.3 Å². The third kappa shape index (κ3) is 6.44. The van der Waals surface area contributed by atoms with Gasteiger partial charge in [-0.2, -0.15) is 0 Å². The zero-order valence-corrected chi connectivity index (χ0v) is 14.4. The van der Waals surface area contributed by atoms with Crippen molar-refractivity contribution in [2.24, 2.45) is 0 Å². The molecule has 23 heavy (non-hydrogen) atoms. The minimum atomic E-state index is -1.04. The van der Waals surface area contributed by atoms with E-state index in [-0.39, 0.29) is 18.0 Å². The first-order valence-electron chi connectivity index (χ1n) is 7.10. The molecule has 0 aliphatic heterocycles. The van der Waals surface area contributed by atoms with Crippen LogP contribution in [0.2, 0.25) is 5.02 Å². The van der Waals surface area contributed by atoms with Gasteiger partial charge < -0.3 is 14.7 Å². The molecule has 0 aliphatic rings. The number of hydrogen-bond acceptors (Lipinski definition) is 3. The maximum Gasteiger partial charge on any atom is 0.410 e. The van der Waals surface area contributed by atoms with Gasteiger partial charge in [0.25, 0.3) is 0 Å². The SMILES string of the molecule is CN(CC(CC(=O)O)c1ccc(Cl)c(F)c1)C(=O)OC(C)(C)C. The van der Waals surface area contributed by atoms with Crippen LogP contribution in [0.15, 0.2) is 18.2 Å². The number of hydrogen-bond donors (Lipinski definition) is 1. The Labute approximate surface area is 140 Å². The molecule has 1 aromatic rings. The first-order chi connectivity index (χ1) is 10.5. The van der Waals surface area contributed by atoms with Crippen LogP contribution in [0.3, 0.4) is 0 Å². The van der Waals surface area contributed by atoms with Crippen LogP contribution < -0.4 is 0 Å². The van der Waals surface area contributed by atoms with Crippen LogP contribution in [0.5, 0.6) is 0 Å². The molecule has 0 saturated heterocycles. The number of carbonyl (C=O) groups excluding carboxylic acids is 1. The van der Waals surface area contributed by atoms with Crippen molar-refractivity contribution in [3.8, 4) is 0 Å². The molecule has 0 fully saturated rings. The zero-order chi connectivity index (χ0) is 17.8. The summed E-state index contributed by atoms with van der Waals surface area (Å²) in [6.45, 7) is 5.30. The molecule has 0 bridgehead atoms. The number of carbonyl (C=O) groups is 2. The molecule has 0 radical (unpaired) electrons. The standard InChI is InChI=1S/C16H21ClFNO4/c1-16(2,3)23-15(22)19(4)9-11(8-14(20)21)10-5-6-12(17)13(18)7-10/h5-7,11H,8-9H2,1-4H3,(H,20,21). The van der Waals surface area contributed by atoms with Gasteiger partial charge >= 0.3 is 12.1 Å². The van der Waals surface area contributed by atoms with Crippen LogP contribution in [0.25, 0.3) is 0 Å². The molecule has 1 aromatic carbocycles. The summed E-state index contributed by atoms with van der Waals surface area (Å²) in [5.41, 5.74) is -0.190. The van der Waals surface area contributed by atoms with E-state index in [2.05, 4.69) is 0 Å². The smallest absolute Gasteiger partial charge is 0.410 e. The maximum atomic E-state index is 13.6. The van der Waals surface area contributed by atoms with Gasteiger partial charge in [0.15, 0.2) is 0 Å². The lowest BCUT2D eigenvalue weighted by Crippen LogP contribution is -2.36. The number of nitrogens with zero attached hydrogens (tertiary/aromatic N) is 1. The van der Waals surface area contributed by atoms with Gasteiger partial charge in [0.2, 0.25) is 0 Å². The molecular weight excluding hydrogens is 325 g/mol. The minimum Gasteiger partial charge on any atom is -0.481 e. The number of halogens is 2. The number of rotatable bonds is 5. The van der Waals surface area contributed by atoms with Gasteiger partial charge in [0.1, 0.15) is 11.4 Å². The Morgan fingerprint density at radius 1 is 1.39 bits per heavy atom. The van der Waals surface area contributed by atoms with Crippen molar-refractivity contribution in [3.63, 3.8) is 0 Å². The quantitative estimate of drug-likeness (QED) is 0.878. The second-order valence-corrected chi connectivity index (χ2v) is 6.74. The number of likely N-dealkylation sites (N-methyl/N-ethyl adjacent to an activating group) is 1. The van der Waals surface area contributed by atoms with Crippen molar-refractivity contribution in [1.29, 1.82) is 0 Å². The van der Waals surface area contributed by atoms with E-state index in [1.54, 1.807) is 26.8 Å². The molecule has 1 unspecified atom stereocenters. The summed E-state index contributed by atoms with van der Waals surface area (Å²) in [6.07, 6.45) is -0.809. The molecule has 0 spiro atoms.